The summed E-state index contributed by atoms with van der Waals surface area (Å²) < 4.78 is 5.33. The third-order valence-corrected chi connectivity index (χ3v) is 3.69. The van der Waals surface area contributed by atoms with Crippen LogP contribution in [0.3, 0.4) is 0 Å². The van der Waals surface area contributed by atoms with Gasteiger partial charge in [0.15, 0.2) is 0 Å². The molecular formula is C17H17N3O2. The van der Waals surface area contributed by atoms with Crippen molar-refractivity contribution in [2.75, 3.05) is 18.5 Å². The lowest BCUT2D eigenvalue weighted by Gasteiger charge is -2.13. The van der Waals surface area contributed by atoms with Crippen LogP contribution in [0.25, 0.3) is 11.3 Å². The molecule has 0 bridgehead atoms. The first-order valence-corrected chi connectivity index (χ1v) is 7.16. The van der Waals surface area contributed by atoms with Crippen LogP contribution in [-0.4, -0.2) is 34.6 Å². The predicted molar refractivity (Wildman–Crippen MR) is 84.7 cm³/mol. The molecule has 1 atom stereocenters. The van der Waals surface area contributed by atoms with Crippen molar-refractivity contribution < 1.29 is 9.84 Å². The summed E-state index contributed by atoms with van der Waals surface area (Å²) in [4.78, 5) is 0. The highest BCUT2D eigenvalue weighted by Gasteiger charge is 2.17. The average Bonchev–Trinajstić information content (AvgIpc) is 3.01. The minimum atomic E-state index is 0.109. The average molecular weight is 295 g/mol. The molecule has 1 aliphatic heterocycles. The molecular weight excluding hydrogens is 278 g/mol. The Labute approximate surface area is 129 Å². The van der Waals surface area contributed by atoms with E-state index >= 15 is 0 Å². The van der Waals surface area contributed by atoms with Gasteiger partial charge >= 0.3 is 0 Å². The van der Waals surface area contributed by atoms with E-state index in [1.165, 1.54) is 0 Å². The summed E-state index contributed by atoms with van der Waals surface area (Å²) in [6, 6.07) is 7.30. The van der Waals surface area contributed by atoms with Crippen LogP contribution in [-0.2, 0) is 4.74 Å². The van der Waals surface area contributed by atoms with Crippen molar-refractivity contribution in [1.29, 1.82) is 0 Å². The number of benzene rings is 1. The van der Waals surface area contributed by atoms with Gasteiger partial charge < -0.3 is 15.2 Å². The molecule has 1 fully saturated rings. The Bertz CT molecular complexity index is 731. The first-order chi connectivity index (χ1) is 10.7. The van der Waals surface area contributed by atoms with Gasteiger partial charge in [-0.25, -0.2) is 0 Å². The van der Waals surface area contributed by atoms with Crippen molar-refractivity contribution >= 4 is 5.82 Å². The van der Waals surface area contributed by atoms with Gasteiger partial charge in [0.05, 0.1) is 18.3 Å². The molecule has 1 aliphatic rings. The Balaban J connectivity index is 1.87. The number of ether oxygens (including phenoxy) is 1. The first-order valence-electron chi connectivity index (χ1n) is 7.16. The molecule has 22 heavy (non-hydrogen) atoms. The second kappa shape index (κ2) is 6.04. The van der Waals surface area contributed by atoms with E-state index in [-0.39, 0.29) is 11.8 Å². The molecule has 0 radical (unpaired) electrons. The summed E-state index contributed by atoms with van der Waals surface area (Å²) >= 11 is 0. The fourth-order valence-corrected chi connectivity index (χ4v) is 2.50. The number of aromatic hydroxyl groups is 1. The SMILES string of the molecule is C#Cc1ccc(-c2nnc(NC3CCOC3)cc2C)c(O)c1. The molecule has 5 nitrogen and oxygen atoms in total. The zero-order valence-electron chi connectivity index (χ0n) is 12.3. The van der Waals surface area contributed by atoms with Crippen LogP contribution in [0.5, 0.6) is 5.75 Å². The Morgan fingerprint density at radius 3 is 2.86 bits per heavy atom. The molecule has 2 aromatic rings. The van der Waals surface area contributed by atoms with Gasteiger partial charge in [0.1, 0.15) is 11.6 Å². The summed E-state index contributed by atoms with van der Waals surface area (Å²) in [6.45, 7) is 3.41. The number of phenols is 1. The molecule has 112 valence electrons. The number of nitrogens with one attached hydrogen (secondary N) is 1. The zero-order chi connectivity index (χ0) is 15.5. The number of phenolic OH excluding ortho intramolecular Hbond substituents is 1. The number of hydrogen-bond acceptors (Lipinski definition) is 5. The summed E-state index contributed by atoms with van der Waals surface area (Å²) in [7, 11) is 0. The van der Waals surface area contributed by atoms with Crippen molar-refractivity contribution in [3.63, 3.8) is 0 Å². The fraction of sp³-hybridized carbons (Fsp3) is 0.294. The van der Waals surface area contributed by atoms with Gasteiger partial charge in [0.25, 0.3) is 0 Å². The summed E-state index contributed by atoms with van der Waals surface area (Å²) in [6.07, 6.45) is 6.30. The van der Waals surface area contributed by atoms with E-state index in [1.807, 2.05) is 13.0 Å². The molecule has 2 N–H and O–H groups in total. The fourth-order valence-electron chi connectivity index (χ4n) is 2.50. The normalized spacial score (nSPS) is 17.2. The highest BCUT2D eigenvalue weighted by atomic mass is 16.5. The lowest BCUT2D eigenvalue weighted by molar-refractivity contribution is 0.195. The summed E-state index contributed by atoms with van der Waals surface area (Å²) in [5, 5.41) is 21.8. The highest BCUT2D eigenvalue weighted by molar-refractivity contribution is 5.71. The van der Waals surface area contributed by atoms with Crippen LogP contribution >= 0.6 is 0 Å². The number of nitrogens with zero attached hydrogens (tertiary/aromatic N) is 2. The van der Waals surface area contributed by atoms with Crippen molar-refractivity contribution in [2.45, 2.75) is 19.4 Å². The van der Waals surface area contributed by atoms with E-state index in [0.717, 1.165) is 24.4 Å². The maximum atomic E-state index is 10.1. The van der Waals surface area contributed by atoms with Gasteiger partial charge in [0, 0.05) is 17.7 Å². The van der Waals surface area contributed by atoms with Crippen LogP contribution in [0, 0.1) is 19.3 Å². The number of aryl methyl sites for hydroxylation is 1. The molecule has 0 aliphatic carbocycles. The van der Waals surface area contributed by atoms with Gasteiger partial charge in [0.2, 0.25) is 0 Å². The van der Waals surface area contributed by atoms with Crippen molar-refractivity contribution in [3.05, 3.63) is 35.4 Å². The number of terminal acetylenes is 1. The minimum Gasteiger partial charge on any atom is -0.507 e. The van der Waals surface area contributed by atoms with Crippen LogP contribution in [0.2, 0.25) is 0 Å². The Hall–Kier alpha value is -2.58. The van der Waals surface area contributed by atoms with Crippen LogP contribution < -0.4 is 5.32 Å². The van der Waals surface area contributed by atoms with E-state index in [2.05, 4.69) is 21.4 Å². The summed E-state index contributed by atoms with van der Waals surface area (Å²) in [5.41, 5.74) is 2.83. The molecule has 0 saturated carbocycles. The van der Waals surface area contributed by atoms with E-state index in [9.17, 15) is 5.11 Å². The van der Waals surface area contributed by atoms with Crippen LogP contribution in [0.1, 0.15) is 17.5 Å². The zero-order valence-corrected chi connectivity index (χ0v) is 12.3. The third-order valence-electron chi connectivity index (χ3n) is 3.69. The molecule has 1 saturated heterocycles. The smallest absolute Gasteiger partial charge is 0.149 e. The standard InChI is InChI=1S/C17H17N3O2/c1-3-12-4-5-14(15(21)9-12)17-11(2)8-16(19-20-17)18-13-6-7-22-10-13/h1,4-5,8-9,13,21H,6-7,10H2,2H3,(H,18,19). The molecule has 2 heterocycles. The van der Waals surface area contributed by atoms with Gasteiger partial charge in [-0.1, -0.05) is 5.92 Å². The second-order valence-electron chi connectivity index (χ2n) is 5.34. The number of anilines is 1. The molecule has 1 aromatic heterocycles. The van der Waals surface area contributed by atoms with E-state index in [1.54, 1.807) is 18.2 Å². The largest absolute Gasteiger partial charge is 0.507 e. The van der Waals surface area contributed by atoms with Gasteiger partial charge in [-0.15, -0.1) is 16.6 Å². The van der Waals surface area contributed by atoms with Crippen LogP contribution in [0.4, 0.5) is 5.82 Å². The molecule has 0 amide bonds. The van der Waals surface area contributed by atoms with Gasteiger partial charge in [-0.3, -0.25) is 0 Å². The molecule has 0 spiro atoms. The Morgan fingerprint density at radius 1 is 1.36 bits per heavy atom. The topological polar surface area (TPSA) is 67.3 Å². The molecule has 1 aromatic carbocycles. The van der Waals surface area contributed by atoms with Crippen molar-refractivity contribution in [2.24, 2.45) is 0 Å². The molecule has 3 rings (SSSR count). The van der Waals surface area contributed by atoms with Crippen molar-refractivity contribution in [3.8, 4) is 29.4 Å². The van der Waals surface area contributed by atoms with Crippen LogP contribution in [0.15, 0.2) is 24.3 Å². The second-order valence-corrected chi connectivity index (χ2v) is 5.34. The Kier molecular flexibility index (Phi) is 3.94. The van der Waals surface area contributed by atoms with E-state index in [0.29, 0.717) is 23.4 Å². The van der Waals surface area contributed by atoms with Gasteiger partial charge in [-0.05, 0) is 43.2 Å². The maximum absolute atomic E-state index is 10.1. The predicted octanol–water partition coefficient (Wildman–Crippen LogP) is 2.34. The lowest BCUT2D eigenvalue weighted by atomic mass is 10.0. The van der Waals surface area contributed by atoms with E-state index in [4.69, 9.17) is 11.2 Å². The number of aromatic nitrogens is 2. The monoisotopic (exact) mass is 295 g/mol. The Morgan fingerprint density at radius 2 is 2.23 bits per heavy atom. The van der Waals surface area contributed by atoms with Crippen molar-refractivity contribution in [1.82, 2.24) is 10.2 Å². The van der Waals surface area contributed by atoms with Gasteiger partial charge in [-0.2, -0.15) is 0 Å². The highest BCUT2D eigenvalue weighted by Crippen LogP contribution is 2.31. The quantitative estimate of drug-likeness (QED) is 0.851. The lowest BCUT2D eigenvalue weighted by Crippen LogP contribution is -2.20. The minimum absolute atomic E-state index is 0.109. The summed E-state index contributed by atoms with van der Waals surface area (Å²) in [5.74, 6) is 3.32. The van der Waals surface area contributed by atoms with E-state index < -0.39 is 0 Å². The molecule has 5 heteroatoms. The number of hydrogen-bond donors (Lipinski definition) is 2. The third kappa shape index (κ3) is 2.87. The maximum Gasteiger partial charge on any atom is 0.149 e. The number of rotatable bonds is 3. The first kappa shape index (κ1) is 14.4. The molecule has 1 unspecified atom stereocenters.